The third-order valence-electron chi connectivity index (χ3n) is 4.99. The van der Waals surface area contributed by atoms with Crippen LogP contribution in [0.4, 0.5) is 0 Å². The van der Waals surface area contributed by atoms with Crippen LogP contribution >= 0.6 is 0 Å². The Morgan fingerprint density at radius 3 is 2.40 bits per heavy atom. The van der Waals surface area contributed by atoms with Crippen LogP contribution in [0, 0.1) is 0 Å². The lowest BCUT2D eigenvalue weighted by Gasteiger charge is -2.36. The van der Waals surface area contributed by atoms with Gasteiger partial charge in [0.15, 0.2) is 0 Å². The van der Waals surface area contributed by atoms with Gasteiger partial charge in [-0.1, -0.05) is 30.3 Å². The first-order valence-corrected chi connectivity index (χ1v) is 7.62. The van der Waals surface area contributed by atoms with E-state index in [0.717, 1.165) is 18.4 Å². The van der Waals surface area contributed by atoms with Crippen molar-refractivity contribution in [1.82, 2.24) is 4.90 Å². The van der Waals surface area contributed by atoms with Gasteiger partial charge in [-0.05, 0) is 45.2 Å². The van der Waals surface area contributed by atoms with Crippen molar-refractivity contribution < 1.29 is 9.53 Å². The highest BCUT2D eigenvalue weighted by molar-refractivity contribution is 5.77. The summed E-state index contributed by atoms with van der Waals surface area (Å²) in [5.41, 5.74) is 1.04. The van der Waals surface area contributed by atoms with Gasteiger partial charge in [0, 0.05) is 12.1 Å². The lowest BCUT2D eigenvalue weighted by Crippen LogP contribution is -2.43. The summed E-state index contributed by atoms with van der Waals surface area (Å²) >= 11 is 0. The first-order valence-electron chi connectivity index (χ1n) is 7.62. The highest BCUT2D eigenvalue weighted by atomic mass is 16.5. The van der Waals surface area contributed by atoms with Gasteiger partial charge in [0.25, 0.3) is 0 Å². The second kappa shape index (κ2) is 5.57. The summed E-state index contributed by atoms with van der Waals surface area (Å²) in [6.45, 7) is 1.93. The molecule has 4 atom stereocenters. The zero-order valence-corrected chi connectivity index (χ0v) is 12.3. The van der Waals surface area contributed by atoms with Crippen LogP contribution in [0.5, 0.6) is 0 Å². The fourth-order valence-corrected chi connectivity index (χ4v) is 3.60. The average molecular weight is 273 g/mol. The number of esters is 1. The number of ether oxygens (including phenoxy) is 1. The Balaban J connectivity index is 1.60. The van der Waals surface area contributed by atoms with E-state index in [1.165, 1.54) is 12.8 Å². The van der Waals surface area contributed by atoms with Crippen LogP contribution < -0.4 is 0 Å². The lowest BCUT2D eigenvalue weighted by molar-refractivity contribution is -0.153. The molecule has 0 amide bonds. The van der Waals surface area contributed by atoms with E-state index in [0.29, 0.717) is 12.1 Å². The van der Waals surface area contributed by atoms with E-state index >= 15 is 0 Å². The molecule has 2 bridgehead atoms. The highest BCUT2D eigenvalue weighted by Gasteiger charge is 2.40. The number of fused-ring (bicyclic) bond motifs is 2. The van der Waals surface area contributed by atoms with E-state index in [1.807, 2.05) is 37.3 Å². The van der Waals surface area contributed by atoms with Crippen LogP contribution in [-0.4, -0.2) is 36.1 Å². The second-order valence-electron chi connectivity index (χ2n) is 6.21. The van der Waals surface area contributed by atoms with E-state index in [9.17, 15) is 4.79 Å². The minimum atomic E-state index is -0.173. The highest BCUT2D eigenvalue weighted by Crippen LogP contribution is 2.36. The van der Waals surface area contributed by atoms with Crippen molar-refractivity contribution in [3.63, 3.8) is 0 Å². The SMILES string of the molecule is CC(C(=O)O[C@H]1CC2CC[C@H](C1)N2C)c1ccccc1. The molecular formula is C17H23NO2. The van der Waals surface area contributed by atoms with Gasteiger partial charge < -0.3 is 9.64 Å². The number of carbonyl (C=O) groups excluding carboxylic acids is 1. The van der Waals surface area contributed by atoms with E-state index in [4.69, 9.17) is 4.74 Å². The molecule has 0 N–H and O–H groups in total. The summed E-state index contributed by atoms with van der Waals surface area (Å²) < 4.78 is 5.77. The molecule has 0 radical (unpaired) electrons. The van der Waals surface area contributed by atoms with Crippen molar-refractivity contribution in [2.75, 3.05) is 7.05 Å². The Hall–Kier alpha value is -1.35. The third kappa shape index (κ3) is 2.59. The molecule has 2 aliphatic heterocycles. The van der Waals surface area contributed by atoms with Gasteiger partial charge >= 0.3 is 5.97 Å². The van der Waals surface area contributed by atoms with Crippen LogP contribution in [0.25, 0.3) is 0 Å². The van der Waals surface area contributed by atoms with Gasteiger partial charge in [-0.2, -0.15) is 0 Å². The van der Waals surface area contributed by atoms with Gasteiger partial charge in [0.2, 0.25) is 0 Å². The molecule has 2 saturated heterocycles. The second-order valence-corrected chi connectivity index (χ2v) is 6.21. The van der Waals surface area contributed by atoms with Crippen molar-refractivity contribution in [3.05, 3.63) is 35.9 Å². The number of piperidine rings is 1. The zero-order chi connectivity index (χ0) is 14.1. The molecule has 0 spiro atoms. The molecule has 20 heavy (non-hydrogen) atoms. The fourth-order valence-electron chi connectivity index (χ4n) is 3.60. The molecular weight excluding hydrogens is 250 g/mol. The van der Waals surface area contributed by atoms with Crippen LogP contribution in [0.15, 0.2) is 30.3 Å². The van der Waals surface area contributed by atoms with Crippen LogP contribution in [0.1, 0.15) is 44.1 Å². The molecule has 0 aromatic heterocycles. The quantitative estimate of drug-likeness (QED) is 0.793. The largest absolute Gasteiger partial charge is 0.462 e. The molecule has 3 rings (SSSR count). The molecule has 0 saturated carbocycles. The molecule has 1 aromatic rings. The Morgan fingerprint density at radius 2 is 1.80 bits per heavy atom. The Bertz CT molecular complexity index is 459. The Kier molecular flexibility index (Phi) is 3.79. The van der Waals surface area contributed by atoms with Crippen molar-refractivity contribution >= 4 is 5.97 Å². The number of benzene rings is 1. The molecule has 2 fully saturated rings. The summed E-state index contributed by atoms with van der Waals surface area (Å²) in [5, 5.41) is 0. The third-order valence-corrected chi connectivity index (χ3v) is 4.99. The summed E-state index contributed by atoms with van der Waals surface area (Å²) in [5.74, 6) is -0.251. The van der Waals surface area contributed by atoms with Crippen molar-refractivity contribution in [3.8, 4) is 0 Å². The van der Waals surface area contributed by atoms with Crippen molar-refractivity contribution in [1.29, 1.82) is 0 Å². The minimum Gasteiger partial charge on any atom is -0.462 e. The van der Waals surface area contributed by atoms with Gasteiger partial charge in [0.1, 0.15) is 6.10 Å². The standard InChI is InChI=1S/C17H23NO2/c1-12(13-6-4-3-5-7-13)17(19)20-16-10-14-8-9-15(11-16)18(14)2/h3-7,12,14-16H,8-11H2,1-2H3/t12?,14-,15?,16-/m1/s1. The van der Waals surface area contributed by atoms with E-state index < -0.39 is 0 Å². The van der Waals surface area contributed by atoms with Crippen molar-refractivity contribution in [2.45, 2.75) is 56.7 Å². The van der Waals surface area contributed by atoms with Gasteiger partial charge in [-0.25, -0.2) is 0 Å². The Morgan fingerprint density at radius 1 is 1.20 bits per heavy atom. The molecule has 2 unspecified atom stereocenters. The predicted octanol–water partition coefficient (Wildman–Crippen LogP) is 2.96. The number of hydrogen-bond donors (Lipinski definition) is 0. The minimum absolute atomic E-state index is 0.0786. The number of hydrogen-bond acceptors (Lipinski definition) is 3. The molecule has 3 heteroatoms. The fraction of sp³-hybridized carbons (Fsp3) is 0.588. The number of nitrogens with zero attached hydrogens (tertiary/aromatic N) is 1. The van der Waals surface area contributed by atoms with Crippen LogP contribution in [0.3, 0.4) is 0 Å². The van der Waals surface area contributed by atoms with Gasteiger partial charge in [-0.15, -0.1) is 0 Å². The topological polar surface area (TPSA) is 29.5 Å². The maximum atomic E-state index is 12.3. The summed E-state index contributed by atoms with van der Waals surface area (Å²) in [6.07, 6.45) is 4.62. The van der Waals surface area contributed by atoms with Gasteiger partial charge in [-0.3, -0.25) is 4.79 Å². The predicted molar refractivity (Wildman–Crippen MR) is 78.5 cm³/mol. The summed E-state index contributed by atoms with van der Waals surface area (Å²) in [7, 11) is 2.20. The molecule has 2 aliphatic rings. The van der Waals surface area contributed by atoms with E-state index in [1.54, 1.807) is 0 Å². The first-order chi connectivity index (χ1) is 9.65. The molecule has 108 valence electrons. The zero-order valence-electron chi connectivity index (χ0n) is 12.3. The molecule has 1 aromatic carbocycles. The van der Waals surface area contributed by atoms with E-state index in [2.05, 4.69) is 11.9 Å². The maximum Gasteiger partial charge on any atom is 0.313 e. The molecule has 3 nitrogen and oxygen atoms in total. The normalized spacial score (nSPS) is 31.0. The van der Waals surface area contributed by atoms with E-state index in [-0.39, 0.29) is 18.0 Å². The summed E-state index contributed by atoms with van der Waals surface area (Å²) in [6, 6.07) is 11.1. The lowest BCUT2D eigenvalue weighted by atomic mass is 9.99. The maximum absolute atomic E-state index is 12.3. The Labute approximate surface area is 120 Å². The smallest absolute Gasteiger partial charge is 0.313 e. The average Bonchev–Trinajstić information content (AvgIpc) is 2.69. The summed E-state index contributed by atoms with van der Waals surface area (Å²) in [4.78, 5) is 14.8. The molecule has 2 heterocycles. The number of carbonyl (C=O) groups is 1. The van der Waals surface area contributed by atoms with Gasteiger partial charge in [0.05, 0.1) is 5.92 Å². The number of rotatable bonds is 3. The molecule has 0 aliphatic carbocycles. The first kappa shape index (κ1) is 13.6. The monoisotopic (exact) mass is 273 g/mol. The van der Waals surface area contributed by atoms with Crippen molar-refractivity contribution in [2.24, 2.45) is 0 Å². The van der Waals surface area contributed by atoms with Crippen LogP contribution in [0.2, 0.25) is 0 Å². The van der Waals surface area contributed by atoms with Crippen LogP contribution in [-0.2, 0) is 9.53 Å².